The van der Waals surface area contributed by atoms with E-state index in [4.69, 9.17) is 11.6 Å². The maximum atomic E-state index is 12.7. The molecule has 0 fully saturated rings. The molecule has 0 atom stereocenters. The van der Waals surface area contributed by atoms with Crippen molar-refractivity contribution in [3.05, 3.63) is 58.9 Å². The number of sulfonamides is 1. The summed E-state index contributed by atoms with van der Waals surface area (Å²) in [5.41, 5.74) is 1.25. The van der Waals surface area contributed by atoms with Crippen LogP contribution in [0.25, 0.3) is 16.4 Å². The SMILES string of the molecule is CCCC[N-]c1nc2ccccc2nc1NS(=O)(=O)c1cccc(Cl)c1. The van der Waals surface area contributed by atoms with Gasteiger partial charge in [-0.2, -0.15) is 0 Å². The number of aromatic nitrogens is 2. The van der Waals surface area contributed by atoms with Crippen molar-refractivity contribution in [3.63, 3.8) is 0 Å². The quantitative estimate of drug-likeness (QED) is 0.583. The van der Waals surface area contributed by atoms with E-state index in [1.165, 1.54) is 12.1 Å². The van der Waals surface area contributed by atoms with Crippen LogP contribution in [-0.4, -0.2) is 24.9 Å². The molecule has 3 rings (SSSR count). The first-order valence-corrected chi connectivity index (χ1v) is 10.1. The van der Waals surface area contributed by atoms with Crippen LogP contribution < -0.4 is 4.72 Å². The summed E-state index contributed by atoms with van der Waals surface area (Å²) in [5.74, 6) is 0.391. The van der Waals surface area contributed by atoms with E-state index in [0.29, 0.717) is 22.6 Å². The molecule has 0 unspecified atom stereocenters. The smallest absolute Gasteiger partial charge is 0.263 e. The molecule has 0 bridgehead atoms. The van der Waals surface area contributed by atoms with Crippen molar-refractivity contribution >= 4 is 44.3 Å². The highest BCUT2D eigenvalue weighted by molar-refractivity contribution is 7.92. The summed E-state index contributed by atoms with van der Waals surface area (Å²) >= 11 is 5.91. The number of fused-ring (bicyclic) bond motifs is 1. The molecule has 0 aliphatic heterocycles. The Morgan fingerprint density at radius 3 is 2.50 bits per heavy atom. The molecule has 0 aliphatic carbocycles. The zero-order chi connectivity index (χ0) is 18.6. The van der Waals surface area contributed by atoms with Crippen molar-refractivity contribution in [3.8, 4) is 0 Å². The Labute approximate surface area is 157 Å². The zero-order valence-corrected chi connectivity index (χ0v) is 15.8. The molecule has 136 valence electrons. The molecule has 6 nitrogen and oxygen atoms in total. The second-order valence-electron chi connectivity index (χ2n) is 5.68. The third-order valence-corrected chi connectivity index (χ3v) is 5.23. The van der Waals surface area contributed by atoms with Crippen molar-refractivity contribution in [2.75, 3.05) is 11.3 Å². The molecule has 1 aromatic heterocycles. The number of nitrogens with one attached hydrogen (secondary N) is 1. The first-order chi connectivity index (χ1) is 12.5. The van der Waals surface area contributed by atoms with E-state index in [2.05, 4.69) is 26.9 Å². The van der Waals surface area contributed by atoms with E-state index in [0.717, 1.165) is 12.8 Å². The molecule has 0 aliphatic rings. The lowest BCUT2D eigenvalue weighted by molar-refractivity contribution is 0.601. The van der Waals surface area contributed by atoms with Gasteiger partial charge in [-0.25, -0.2) is 13.4 Å². The number of para-hydroxylation sites is 2. The molecule has 26 heavy (non-hydrogen) atoms. The summed E-state index contributed by atoms with van der Waals surface area (Å²) in [5, 5.41) is 4.75. The summed E-state index contributed by atoms with van der Waals surface area (Å²) in [6.07, 6.45) is 1.86. The van der Waals surface area contributed by atoms with Crippen LogP contribution >= 0.6 is 11.6 Å². The van der Waals surface area contributed by atoms with Crippen molar-refractivity contribution < 1.29 is 8.42 Å². The predicted octanol–water partition coefficient (Wildman–Crippen LogP) is 4.89. The number of hydrogen-bond donors (Lipinski definition) is 1. The molecule has 0 saturated carbocycles. The summed E-state index contributed by atoms with van der Waals surface area (Å²) in [7, 11) is -3.85. The first kappa shape index (κ1) is 18.4. The Kier molecular flexibility index (Phi) is 5.58. The van der Waals surface area contributed by atoms with Gasteiger partial charge in [0.1, 0.15) is 5.82 Å². The summed E-state index contributed by atoms with van der Waals surface area (Å²) in [6.45, 7) is 2.61. The van der Waals surface area contributed by atoms with Gasteiger partial charge in [0.25, 0.3) is 10.0 Å². The summed E-state index contributed by atoms with van der Waals surface area (Å²) in [4.78, 5) is 8.92. The molecular weight excluding hydrogens is 372 g/mol. The maximum absolute atomic E-state index is 12.7. The highest BCUT2D eigenvalue weighted by atomic mass is 35.5. The zero-order valence-electron chi connectivity index (χ0n) is 14.2. The molecule has 8 heteroatoms. The van der Waals surface area contributed by atoms with Gasteiger partial charge in [-0.15, -0.1) is 0 Å². The van der Waals surface area contributed by atoms with Crippen molar-refractivity contribution in [1.29, 1.82) is 0 Å². The van der Waals surface area contributed by atoms with Gasteiger partial charge in [-0.05, 0) is 35.6 Å². The Bertz CT molecular complexity index is 1020. The van der Waals surface area contributed by atoms with Gasteiger partial charge >= 0.3 is 0 Å². The summed E-state index contributed by atoms with van der Waals surface area (Å²) in [6, 6.07) is 13.3. The van der Waals surface area contributed by atoms with Crippen LogP contribution in [0.15, 0.2) is 53.4 Å². The number of unbranched alkanes of at least 4 members (excludes halogenated alkanes) is 1. The topological polar surface area (TPSA) is 86.1 Å². The van der Waals surface area contributed by atoms with E-state index in [1.807, 2.05) is 18.2 Å². The minimum Gasteiger partial charge on any atom is -0.463 e. The van der Waals surface area contributed by atoms with Gasteiger partial charge in [-0.1, -0.05) is 62.2 Å². The van der Waals surface area contributed by atoms with Crippen LogP contribution in [0.1, 0.15) is 19.8 Å². The average Bonchev–Trinajstić information content (AvgIpc) is 2.62. The highest BCUT2D eigenvalue weighted by Crippen LogP contribution is 2.30. The normalized spacial score (nSPS) is 11.5. The molecule has 0 spiro atoms. The average molecular weight is 390 g/mol. The van der Waals surface area contributed by atoms with Crippen LogP contribution in [-0.2, 0) is 10.0 Å². The second kappa shape index (κ2) is 7.88. The van der Waals surface area contributed by atoms with Gasteiger partial charge in [-0.3, -0.25) is 4.72 Å². The fourth-order valence-corrected chi connectivity index (χ4v) is 3.64. The Balaban J connectivity index is 2.00. The largest absolute Gasteiger partial charge is 0.463 e. The number of halogens is 1. The van der Waals surface area contributed by atoms with Gasteiger partial charge in [0, 0.05) is 5.02 Å². The first-order valence-electron chi connectivity index (χ1n) is 8.22. The molecular formula is C18H18ClN4O2S-. The lowest BCUT2D eigenvalue weighted by Gasteiger charge is -2.21. The fraction of sp³-hybridized carbons (Fsp3) is 0.222. The van der Waals surface area contributed by atoms with Crippen molar-refractivity contribution in [2.24, 2.45) is 0 Å². The van der Waals surface area contributed by atoms with Gasteiger partial charge in [0.15, 0.2) is 0 Å². The molecule has 0 radical (unpaired) electrons. The lowest BCUT2D eigenvalue weighted by atomic mass is 10.3. The molecule has 2 aromatic carbocycles. The molecule has 0 amide bonds. The number of anilines is 1. The van der Waals surface area contributed by atoms with E-state index < -0.39 is 10.0 Å². The van der Waals surface area contributed by atoms with Gasteiger partial charge in [0.05, 0.1) is 10.4 Å². The van der Waals surface area contributed by atoms with E-state index in [-0.39, 0.29) is 16.5 Å². The Morgan fingerprint density at radius 2 is 1.81 bits per heavy atom. The summed E-state index contributed by atoms with van der Waals surface area (Å²) < 4.78 is 27.9. The molecule has 3 aromatic rings. The van der Waals surface area contributed by atoms with Crippen LogP contribution in [0, 0.1) is 0 Å². The second-order valence-corrected chi connectivity index (χ2v) is 7.80. The monoisotopic (exact) mass is 389 g/mol. The van der Waals surface area contributed by atoms with E-state index in [9.17, 15) is 8.42 Å². The third kappa shape index (κ3) is 4.23. The molecule has 0 saturated heterocycles. The minimum absolute atomic E-state index is 0.0551. The minimum atomic E-state index is -3.85. The third-order valence-electron chi connectivity index (χ3n) is 3.66. The number of hydrogen-bond acceptors (Lipinski definition) is 4. The lowest BCUT2D eigenvalue weighted by Crippen LogP contribution is -2.14. The van der Waals surface area contributed by atoms with Gasteiger partial charge < -0.3 is 10.3 Å². The van der Waals surface area contributed by atoms with Crippen molar-refractivity contribution in [1.82, 2.24) is 9.97 Å². The maximum Gasteiger partial charge on any atom is 0.263 e. The van der Waals surface area contributed by atoms with E-state index in [1.54, 1.807) is 18.2 Å². The number of nitrogens with zero attached hydrogens (tertiary/aromatic N) is 3. The standard InChI is InChI=1S/C18H18ClN4O2S/c1-2-3-11-20-17-18(22-16-10-5-4-9-15(16)21-17)23-26(24,25)14-8-6-7-13(19)12-14/h4-10,12H,2-3,11H2,1H3,(H-,20,21,22,23)/q-1. The van der Waals surface area contributed by atoms with E-state index >= 15 is 0 Å². The molecule has 1 N–H and O–H groups in total. The van der Waals surface area contributed by atoms with Crippen LogP contribution in [0.2, 0.25) is 5.02 Å². The van der Waals surface area contributed by atoms with Crippen LogP contribution in [0.3, 0.4) is 0 Å². The fourth-order valence-electron chi connectivity index (χ4n) is 2.33. The highest BCUT2D eigenvalue weighted by Gasteiger charge is 2.16. The predicted molar refractivity (Wildman–Crippen MR) is 105 cm³/mol. The van der Waals surface area contributed by atoms with Crippen LogP contribution in [0.5, 0.6) is 0 Å². The van der Waals surface area contributed by atoms with Gasteiger partial charge in [0.2, 0.25) is 0 Å². The van der Waals surface area contributed by atoms with Crippen LogP contribution in [0.4, 0.5) is 11.6 Å². The molecule has 1 heterocycles. The Hall–Kier alpha value is -2.38. The Morgan fingerprint density at radius 1 is 1.08 bits per heavy atom. The van der Waals surface area contributed by atoms with Crippen molar-refractivity contribution in [2.45, 2.75) is 24.7 Å². The number of benzene rings is 2. The number of rotatable bonds is 7.